The van der Waals surface area contributed by atoms with Gasteiger partial charge in [0.25, 0.3) is 5.15 Å². The molecule has 0 radical (unpaired) electrons. The quantitative estimate of drug-likeness (QED) is 0.207. The van der Waals surface area contributed by atoms with Crippen molar-refractivity contribution in [3.8, 4) is 0 Å². The summed E-state index contributed by atoms with van der Waals surface area (Å²) in [5, 5.41) is 11.8. The van der Waals surface area contributed by atoms with E-state index in [1.54, 1.807) is 11.8 Å². The summed E-state index contributed by atoms with van der Waals surface area (Å²) in [7, 11) is 2.09. The zero-order valence-electron chi connectivity index (χ0n) is 17.2. The van der Waals surface area contributed by atoms with Crippen LogP contribution in [0.1, 0.15) is 31.2 Å². The van der Waals surface area contributed by atoms with Crippen molar-refractivity contribution >= 4 is 52.0 Å². The summed E-state index contributed by atoms with van der Waals surface area (Å²) in [4.78, 5) is 14.2. The Morgan fingerprint density at radius 3 is 2.65 bits per heavy atom. The van der Waals surface area contributed by atoms with Crippen LogP contribution in [0.25, 0.3) is 17.0 Å². The molecule has 0 atom stereocenters. The van der Waals surface area contributed by atoms with E-state index in [0.717, 1.165) is 35.9 Å². The zero-order chi connectivity index (χ0) is 21.1. The van der Waals surface area contributed by atoms with Crippen LogP contribution in [0.3, 0.4) is 0 Å². The van der Waals surface area contributed by atoms with E-state index in [9.17, 15) is 4.79 Å². The minimum absolute atomic E-state index is 0. The topological polar surface area (TPSA) is 44.4 Å². The van der Waals surface area contributed by atoms with Crippen LogP contribution in [0, 0.1) is 0 Å². The van der Waals surface area contributed by atoms with Crippen LogP contribution in [0.2, 0.25) is 5.15 Å². The fourth-order valence-corrected chi connectivity index (χ4v) is 5.20. The van der Waals surface area contributed by atoms with Crippen molar-refractivity contribution in [1.29, 1.82) is 0 Å². The molecule has 4 nitrogen and oxygen atoms in total. The van der Waals surface area contributed by atoms with Gasteiger partial charge in [-0.05, 0) is 54.3 Å². The number of pyridine rings is 1. The zero-order valence-corrected chi connectivity index (χ0v) is 21.0. The van der Waals surface area contributed by atoms with E-state index in [0.29, 0.717) is 11.6 Å². The Hall–Kier alpha value is -1.77. The van der Waals surface area contributed by atoms with E-state index < -0.39 is 5.97 Å². The Balaban J connectivity index is 0.00000272. The van der Waals surface area contributed by atoms with Crippen LogP contribution in [0.15, 0.2) is 64.5 Å². The van der Waals surface area contributed by atoms with Gasteiger partial charge in [-0.15, -0.1) is 0 Å². The predicted molar refractivity (Wildman–Crippen MR) is 124 cm³/mol. The van der Waals surface area contributed by atoms with Gasteiger partial charge in [-0.3, -0.25) is 4.79 Å². The number of hydrogen-bond acceptors (Lipinski definition) is 3. The number of hydrogen-bond donors (Lipinski definition) is 1. The number of halogens is 2. The molecule has 0 unspecified atom stereocenters. The lowest BCUT2D eigenvalue weighted by molar-refractivity contribution is -0.669. The highest BCUT2D eigenvalue weighted by atomic mass is 127. The van der Waals surface area contributed by atoms with Gasteiger partial charge in [-0.25, -0.2) is 0 Å². The van der Waals surface area contributed by atoms with E-state index in [-0.39, 0.29) is 30.4 Å². The average Bonchev–Trinajstić information content (AvgIpc) is 3.05. The highest BCUT2D eigenvalue weighted by Gasteiger charge is 2.23. The summed E-state index contributed by atoms with van der Waals surface area (Å²) >= 11 is 8.47. The molecule has 162 valence electrons. The monoisotopic (exact) mass is 566 g/mol. The number of carboxylic acids is 1. The number of rotatable bonds is 7. The van der Waals surface area contributed by atoms with E-state index in [4.69, 9.17) is 16.7 Å². The molecule has 3 aromatic rings. The molecule has 0 saturated carbocycles. The molecule has 2 heterocycles. The number of thioether (sulfide) groups is 1. The van der Waals surface area contributed by atoms with Crippen molar-refractivity contribution in [2.24, 2.45) is 0 Å². The molecule has 0 amide bonds. The van der Waals surface area contributed by atoms with Crippen molar-refractivity contribution in [3.05, 3.63) is 70.3 Å². The summed E-state index contributed by atoms with van der Waals surface area (Å²) < 4.78 is 2.12. The molecule has 0 bridgehead atoms. The van der Waals surface area contributed by atoms with Crippen LogP contribution in [-0.4, -0.2) is 18.1 Å². The highest BCUT2D eigenvalue weighted by Crippen LogP contribution is 2.45. The second kappa shape index (κ2) is 10.7. The Bertz CT molecular complexity index is 1140. The van der Waals surface area contributed by atoms with Crippen LogP contribution in [0.4, 0.5) is 5.69 Å². The molecular formula is C24H24ClIN2O2S. The van der Waals surface area contributed by atoms with E-state index >= 15 is 0 Å². The molecule has 7 heteroatoms. The van der Waals surface area contributed by atoms with E-state index in [2.05, 4.69) is 65.1 Å². The summed E-state index contributed by atoms with van der Waals surface area (Å²) in [6, 6.07) is 18.8. The highest BCUT2D eigenvalue weighted by molar-refractivity contribution is 8.03. The number of carbonyl (C=O) groups is 1. The molecule has 2 aromatic carbocycles. The standard InChI is InChI=1S/C24H23ClN2O2S.HI/c1-26-20-11-6-7-12-21(20)30-23(26)16-17-15-22(25)27(14-8-2-3-13-24(28)29)19-10-5-4-9-18(17)19;/h4-7,9-12,15-16H,2-3,8,13-14H2,1H3;1H. The normalized spacial score (nSPS) is 14.0. The van der Waals surface area contributed by atoms with Gasteiger partial charge < -0.3 is 34.0 Å². The Morgan fingerprint density at radius 2 is 1.87 bits per heavy atom. The van der Waals surface area contributed by atoms with Crippen molar-refractivity contribution in [2.45, 2.75) is 37.1 Å². The van der Waals surface area contributed by atoms with Gasteiger partial charge >= 0.3 is 5.97 Å². The summed E-state index contributed by atoms with van der Waals surface area (Å²) in [6.45, 7) is 0.774. The largest absolute Gasteiger partial charge is 1.00 e. The minimum Gasteiger partial charge on any atom is -1.00 e. The minimum atomic E-state index is -0.736. The number of para-hydroxylation sites is 2. The fraction of sp³-hybridized carbons (Fsp3) is 0.250. The average molecular weight is 567 g/mol. The number of aromatic nitrogens is 1. The maximum Gasteiger partial charge on any atom is 0.303 e. The third-order valence-corrected chi connectivity index (χ3v) is 6.84. The van der Waals surface area contributed by atoms with Gasteiger partial charge in [-0.2, -0.15) is 4.57 Å². The number of aryl methyl sites for hydroxylation is 1. The smallest absolute Gasteiger partial charge is 0.303 e. The molecule has 1 aliphatic rings. The Labute approximate surface area is 208 Å². The third kappa shape index (κ3) is 5.35. The number of unbranched alkanes of at least 4 members (excludes halogenated alkanes) is 2. The third-order valence-electron chi connectivity index (χ3n) is 5.36. The first-order valence-electron chi connectivity index (χ1n) is 10.1. The molecule has 31 heavy (non-hydrogen) atoms. The van der Waals surface area contributed by atoms with Crippen LogP contribution < -0.4 is 33.4 Å². The van der Waals surface area contributed by atoms with Crippen molar-refractivity contribution in [2.75, 3.05) is 11.9 Å². The number of fused-ring (bicyclic) bond motifs is 2. The fourth-order valence-electron chi connectivity index (χ4n) is 3.80. The van der Waals surface area contributed by atoms with E-state index in [1.165, 1.54) is 15.6 Å². The number of carboxylic acid groups (broad SMARTS) is 1. The maximum absolute atomic E-state index is 10.7. The molecule has 1 N–H and O–H groups in total. The molecule has 1 aromatic heterocycles. The second-order valence-electron chi connectivity index (χ2n) is 7.41. The lowest BCUT2D eigenvalue weighted by Crippen LogP contribution is -3.00. The predicted octanol–water partition coefficient (Wildman–Crippen LogP) is 2.97. The van der Waals surface area contributed by atoms with Crippen molar-refractivity contribution < 1.29 is 38.4 Å². The summed E-state index contributed by atoms with van der Waals surface area (Å²) in [5.41, 5.74) is 3.41. The molecule has 0 fully saturated rings. The van der Waals surface area contributed by atoms with Gasteiger partial charge in [0.15, 0.2) is 6.54 Å². The maximum atomic E-state index is 10.7. The van der Waals surface area contributed by atoms with Gasteiger partial charge in [0.1, 0.15) is 0 Å². The van der Waals surface area contributed by atoms with Gasteiger partial charge in [-0.1, -0.05) is 36.0 Å². The number of anilines is 1. The van der Waals surface area contributed by atoms with Gasteiger partial charge in [0.05, 0.1) is 16.1 Å². The number of benzene rings is 2. The second-order valence-corrected chi connectivity index (χ2v) is 8.86. The van der Waals surface area contributed by atoms with Crippen LogP contribution in [-0.2, 0) is 11.3 Å². The van der Waals surface area contributed by atoms with Crippen LogP contribution >= 0.6 is 23.4 Å². The summed E-state index contributed by atoms with van der Waals surface area (Å²) in [6.07, 6.45) is 4.89. The van der Waals surface area contributed by atoms with Crippen molar-refractivity contribution in [3.63, 3.8) is 0 Å². The lowest BCUT2D eigenvalue weighted by Gasteiger charge is -2.14. The molecule has 0 spiro atoms. The van der Waals surface area contributed by atoms with Crippen LogP contribution in [0.5, 0.6) is 0 Å². The number of nitrogens with zero attached hydrogens (tertiary/aromatic N) is 2. The van der Waals surface area contributed by atoms with Gasteiger partial charge in [0, 0.05) is 36.9 Å². The lowest BCUT2D eigenvalue weighted by atomic mass is 10.1. The first-order chi connectivity index (χ1) is 14.5. The first-order valence-corrected chi connectivity index (χ1v) is 11.3. The van der Waals surface area contributed by atoms with Crippen molar-refractivity contribution in [1.82, 2.24) is 0 Å². The first kappa shape index (κ1) is 23.9. The summed E-state index contributed by atoms with van der Waals surface area (Å²) in [5.74, 6) is -0.736. The molecule has 4 rings (SSSR count). The molecule has 0 aliphatic carbocycles. The molecule has 1 aliphatic heterocycles. The van der Waals surface area contributed by atoms with Gasteiger partial charge in [0.2, 0.25) is 5.52 Å². The SMILES string of the molecule is CN1C(=Cc2cc(Cl)[n+](CCCCCC(=O)O)c3ccccc23)Sc2ccccc21.[I-]. The molecular weight excluding hydrogens is 543 g/mol. The Morgan fingerprint density at radius 1 is 1.13 bits per heavy atom. The molecule has 0 saturated heterocycles. The number of aliphatic carboxylic acids is 1. The Kier molecular flexibility index (Phi) is 8.24. The van der Waals surface area contributed by atoms with E-state index in [1.807, 2.05) is 12.1 Å².